The average Bonchev–Trinajstić information content (AvgIpc) is 3.03. The molecule has 0 atom stereocenters. The van der Waals surface area contributed by atoms with E-state index in [1.807, 2.05) is 13.0 Å². The Hall–Kier alpha value is -1.48. The highest BCUT2D eigenvalue weighted by molar-refractivity contribution is 5.86. The van der Waals surface area contributed by atoms with Gasteiger partial charge in [-0.1, -0.05) is 0 Å². The van der Waals surface area contributed by atoms with Crippen LogP contribution in [0.1, 0.15) is 25.3 Å². The Kier molecular flexibility index (Phi) is 2.37. The normalized spacial score (nSPS) is 17.3. The van der Waals surface area contributed by atoms with E-state index in [4.69, 9.17) is 10.5 Å². The van der Waals surface area contributed by atoms with Gasteiger partial charge in [0.2, 0.25) is 0 Å². The van der Waals surface area contributed by atoms with Gasteiger partial charge in [0.25, 0.3) is 0 Å². The smallest absolute Gasteiger partial charge is 0.120 e. The highest BCUT2D eigenvalue weighted by atomic mass is 16.5. The fraction of sp³-hybridized carbons (Fsp3) is 0.429. The van der Waals surface area contributed by atoms with Gasteiger partial charge in [-0.2, -0.15) is 0 Å². The molecule has 1 aromatic carbocycles. The van der Waals surface area contributed by atoms with Gasteiger partial charge in [0.15, 0.2) is 0 Å². The molecule has 1 aliphatic rings. The van der Waals surface area contributed by atoms with Crippen molar-refractivity contribution in [3.05, 3.63) is 30.0 Å². The van der Waals surface area contributed by atoms with Crippen LogP contribution in [-0.4, -0.2) is 18.1 Å². The summed E-state index contributed by atoms with van der Waals surface area (Å²) in [5.74, 6) is 0.939. The minimum absolute atomic E-state index is 0.225. The number of hydrogen-bond donors (Lipinski definition) is 2. The minimum atomic E-state index is 0.225. The zero-order valence-corrected chi connectivity index (χ0v) is 10.1. The van der Waals surface area contributed by atoms with Crippen LogP contribution < -0.4 is 10.5 Å². The number of H-pyrrole nitrogens is 1. The van der Waals surface area contributed by atoms with E-state index in [0.29, 0.717) is 6.61 Å². The molecule has 0 saturated heterocycles. The topological polar surface area (TPSA) is 51.0 Å². The van der Waals surface area contributed by atoms with E-state index in [1.165, 1.54) is 29.3 Å². The first-order chi connectivity index (χ1) is 8.29. The Balaban J connectivity index is 2.10. The number of aromatic amines is 1. The summed E-state index contributed by atoms with van der Waals surface area (Å²) < 4.78 is 5.56. The molecule has 1 fully saturated rings. The predicted octanol–water partition coefficient (Wildman–Crippen LogP) is 2.56. The van der Waals surface area contributed by atoms with Crippen LogP contribution >= 0.6 is 0 Å². The lowest BCUT2D eigenvalue weighted by Gasteiger charge is -2.11. The van der Waals surface area contributed by atoms with Gasteiger partial charge in [0.1, 0.15) is 5.75 Å². The van der Waals surface area contributed by atoms with E-state index in [0.717, 1.165) is 12.3 Å². The second kappa shape index (κ2) is 3.77. The number of aromatic nitrogens is 1. The second-order valence-corrected chi connectivity index (χ2v) is 4.83. The summed E-state index contributed by atoms with van der Waals surface area (Å²) in [6.45, 7) is 3.44. The third-order valence-electron chi connectivity index (χ3n) is 3.78. The van der Waals surface area contributed by atoms with Crippen LogP contribution in [0.15, 0.2) is 24.4 Å². The zero-order chi connectivity index (χ0) is 11.9. The molecule has 1 aliphatic carbocycles. The maximum absolute atomic E-state index is 5.90. The molecule has 0 spiro atoms. The van der Waals surface area contributed by atoms with Crippen LogP contribution in [0.5, 0.6) is 5.75 Å². The highest BCUT2D eigenvalue weighted by Gasteiger charge is 2.44. The summed E-state index contributed by atoms with van der Waals surface area (Å²) in [7, 11) is 0. The van der Waals surface area contributed by atoms with Gasteiger partial charge in [-0.25, -0.2) is 0 Å². The minimum Gasteiger partial charge on any atom is -0.494 e. The molecule has 90 valence electrons. The zero-order valence-electron chi connectivity index (χ0n) is 10.1. The van der Waals surface area contributed by atoms with Crippen molar-refractivity contribution in [2.24, 2.45) is 5.73 Å². The average molecular weight is 230 g/mol. The number of nitrogens with one attached hydrogen (secondary N) is 1. The number of benzene rings is 1. The Morgan fingerprint density at radius 2 is 2.24 bits per heavy atom. The van der Waals surface area contributed by atoms with Gasteiger partial charge >= 0.3 is 0 Å². The number of ether oxygens (including phenoxy) is 1. The third-order valence-corrected chi connectivity index (χ3v) is 3.78. The Morgan fingerprint density at radius 3 is 2.88 bits per heavy atom. The van der Waals surface area contributed by atoms with Gasteiger partial charge in [-0.3, -0.25) is 0 Å². The maximum Gasteiger partial charge on any atom is 0.120 e. The van der Waals surface area contributed by atoms with Crippen LogP contribution in [0.2, 0.25) is 0 Å². The number of hydrogen-bond acceptors (Lipinski definition) is 2. The van der Waals surface area contributed by atoms with Gasteiger partial charge in [-0.05, 0) is 43.5 Å². The second-order valence-electron chi connectivity index (χ2n) is 4.83. The molecular formula is C14H18N2O. The van der Waals surface area contributed by atoms with Crippen LogP contribution in [-0.2, 0) is 5.41 Å². The van der Waals surface area contributed by atoms with Crippen molar-refractivity contribution in [3.8, 4) is 5.75 Å². The van der Waals surface area contributed by atoms with Crippen LogP contribution in [0.4, 0.5) is 0 Å². The molecular weight excluding hydrogens is 212 g/mol. The summed E-state index contributed by atoms with van der Waals surface area (Å²) in [4.78, 5) is 3.33. The fourth-order valence-corrected chi connectivity index (χ4v) is 2.53. The quantitative estimate of drug-likeness (QED) is 0.848. The van der Waals surface area contributed by atoms with Crippen molar-refractivity contribution in [2.45, 2.75) is 25.2 Å². The Morgan fingerprint density at radius 1 is 1.41 bits per heavy atom. The molecule has 0 aliphatic heterocycles. The monoisotopic (exact) mass is 230 g/mol. The van der Waals surface area contributed by atoms with Crippen molar-refractivity contribution in [1.29, 1.82) is 0 Å². The molecule has 1 aromatic heterocycles. The highest BCUT2D eigenvalue weighted by Crippen LogP contribution is 2.49. The van der Waals surface area contributed by atoms with Crippen molar-refractivity contribution >= 4 is 10.9 Å². The number of rotatable bonds is 4. The van der Waals surface area contributed by atoms with Crippen LogP contribution in [0.25, 0.3) is 10.9 Å². The lowest BCUT2D eigenvalue weighted by Crippen LogP contribution is -2.19. The van der Waals surface area contributed by atoms with E-state index in [2.05, 4.69) is 23.3 Å². The summed E-state index contributed by atoms with van der Waals surface area (Å²) in [6, 6.07) is 6.21. The summed E-state index contributed by atoms with van der Waals surface area (Å²) in [6.07, 6.45) is 4.52. The molecule has 3 heteroatoms. The molecule has 2 aromatic rings. The first-order valence-corrected chi connectivity index (χ1v) is 6.23. The summed E-state index contributed by atoms with van der Waals surface area (Å²) in [5, 5.41) is 1.26. The molecule has 3 rings (SSSR count). The largest absolute Gasteiger partial charge is 0.494 e. The fourth-order valence-electron chi connectivity index (χ4n) is 2.53. The molecule has 0 radical (unpaired) electrons. The Bertz CT molecular complexity index is 540. The lowest BCUT2D eigenvalue weighted by molar-refractivity contribution is 0.340. The number of fused-ring (bicyclic) bond motifs is 1. The van der Waals surface area contributed by atoms with E-state index in [1.54, 1.807) is 0 Å². The molecule has 1 heterocycles. The summed E-state index contributed by atoms with van der Waals surface area (Å²) in [5.41, 5.74) is 8.66. The van der Waals surface area contributed by atoms with E-state index >= 15 is 0 Å². The van der Waals surface area contributed by atoms with Gasteiger partial charge < -0.3 is 15.5 Å². The third kappa shape index (κ3) is 1.62. The molecule has 17 heavy (non-hydrogen) atoms. The van der Waals surface area contributed by atoms with Crippen molar-refractivity contribution < 1.29 is 4.74 Å². The van der Waals surface area contributed by atoms with Crippen molar-refractivity contribution in [3.63, 3.8) is 0 Å². The summed E-state index contributed by atoms with van der Waals surface area (Å²) >= 11 is 0. The standard InChI is InChI=1S/C14H18N2O/c1-2-17-10-3-4-13-11(7-10)12(8-16-13)14(9-15)5-6-14/h3-4,7-8,16H,2,5-6,9,15H2,1H3. The first kappa shape index (κ1) is 10.7. The van der Waals surface area contributed by atoms with Gasteiger partial charge in [0.05, 0.1) is 6.61 Å². The number of nitrogens with two attached hydrogens (primary N) is 1. The molecule has 1 saturated carbocycles. The molecule has 0 bridgehead atoms. The van der Waals surface area contributed by atoms with E-state index < -0.39 is 0 Å². The molecule has 0 amide bonds. The molecule has 0 unspecified atom stereocenters. The lowest BCUT2D eigenvalue weighted by atomic mass is 9.96. The van der Waals surface area contributed by atoms with Crippen LogP contribution in [0.3, 0.4) is 0 Å². The first-order valence-electron chi connectivity index (χ1n) is 6.23. The van der Waals surface area contributed by atoms with Gasteiger partial charge in [-0.15, -0.1) is 0 Å². The SMILES string of the molecule is CCOc1ccc2[nH]cc(C3(CN)CC3)c2c1. The van der Waals surface area contributed by atoms with Crippen LogP contribution in [0, 0.1) is 0 Å². The molecule has 3 N–H and O–H groups in total. The Labute approximate surface area is 101 Å². The maximum atomic E-state index is 5.90. The van der Waals surface area contributed by atoms with Crippen molar-refractivity contribution in [2.75, 3.05) is 13.2 Å². The molecule has 3 nitrogen and oxygen atoms in total. The van der Waals surface area contributed by atoms with E-state index in [9.17, 15) is 0 Å². The van der Waals surface area contributed by atoms with Gasteiger partial charge in [0, 0.05) is 29.1 Å². The van der Waals surface area contributed by atoms with Crippen molar-refractivity contribution in [1.82, 2.24) is 4.98 Å². The predicted molar refractivity (Wildman–Crippen MR) is 69.4 cm³/mol. The van der Waals surface area contributed by atoms with E-state index in [-0.39, 0.29) is 5.41 Å².